The number of methoxy groups -OCH3 is 2. The Labute approximate surface area is 149 Å². The van der Waals surface area contributed by atoms with Gasteiger partial charge in [0.15, 0.2) is 5.13 Å². The van der Waals surface area contributed by atoms with Gasteiger partial charge in [-0.2, -0.15) is 0 Å². The molecule has 130 valence electrons. The van der Waals surface area contributed by atoms with Crippen LogP contribution in [-0.4, -0.2) is 25.2 Å². The molecule has 25 heavy (non-hydrogen) atoms. The Morgan fingerprint density at radius 2 is 1.88 bits per heavy atom. The first kappa shape index (κ1) is 17.0. The van der Waals surface area contributed by atoms with Crippen molar-refractivity contribution in [2.24, 2.45) is 0 Å². The number of anilines is 2. The summed E-state index contributed by atoms with van der Waals surface area (Å²) in [4.78, 5) is 16.8. The van der Waals surface area contributed by atoms with Gasteiger partial charge < -0.3 is 14.8 Å². The fourth-order valence-corrected chi connectivity index (χ4v) is 3.61. The lowest BCUT2D eigenvalue weighted by atomic mass is 10.1. The zero-order valence-electron chi connectivity index (χ0n) is 14.5. The number of benzene rings is 2. The fourth-order valence-electron chi connectivity index (χ4n) is 2.58. The average molecular weight is 357 g/mol. The minimum Gasteiger partial charge on any atom is -0.497 e. The van der Waals surface area contributed by atoms with Gasteiger partial charge >= 0.3 is 6.03 Å². The largest absolute Gasteiger partial charge is 0.497 e. The molecule has 0 aliphatic heterocycles. The van der Waals surface area contributed by atoms with E-state index in [9.17, 15) is 4.79 Å². The van der Waals surface area contributed by atoms with Crippen LogP contribution < -0.4 is 20.1 Å². The van der Waals surface area contributed by atoms with Gasteiger partial charge in [0.05, 0.1) is 30.1 Å². The third-order valence-electron chi connectivity index (χ3n) is 3.71. The first-order chi connectivity index (χ1) is 12.0. The van der Waals surface area contributed by atoms with E-state index in [-0.39, 0.29) is 6.03 Å². The number of nitrogens with one attached hydrogen (secondary N) is 2. The van der Waals surface area contributed by atoms with E-state index in [2.05, 4.69) is 27.8 Å². The van der Waals surface area contributed by atoms with Gasteiger partial charge in [0, 0.05) is 6.07 Å². The van der Waals surface area contributed by atoms with Crippen LogP contribution in [0.2, 0.25) is 0 Å². The number of ether oxygens (including phenoxy) is 2. The van der Waals surface area contributed by atoms with E-state index >= 15 is 0 Å². The second-order valence-electron chi connectivity index (χ2n) is 5.59. The molecule has 0 radical (unpaired) electrons. The lowest BCUT2D eigenvalue weighted by Gasteiger charge is -2.11. The summed E-state index contributed by atoms with van der Waals surface area (Å²) in [5, 5.41) is 6.09. The Balaban J connectivity index is 1.78. The lowest BCUT2D eigenvalue weighted by Crippen LogP contribution is -2.19. The number of aryl methyl sites for hydroxylation is 2. The predicted octanol–water partition coefficient (Wildman–Crippen LogP) is 4.57. The summed E-state index contributed by atoms with van der Waals surface area (Å²) in [7, 11) is 3.11. The number of carbonyl (C=O) groups excluding carboxylic acids is 1. The Kier molecular flexibility index (Phi) is 4.76. The predicted molar refractivity (Wildman–Crippen MR) is 101 cm³/mol. The molecule has 0 bridgehead atoms. The fraction of sp³-hybridized carbons (Fsp3) is 0.222. The van der Waals surface area contributed by atoms with Crippen molar-refractivity contribution in [1.82, 2.24) is 4.98 Å². The van der Waals surface area contributed by atoms with Gasteiger partial charge in [-0.15, -0.1) is 0 Å². The molecule has 0 aliphatic rings. The van der Waals surface area contributed by atoms with Crippen molar-refractivity contribution in [3.63, 3.8) is 0 Å². The van der Waals surface area contributed by atoms with Crippen molar-refractivity contribution in [3.8, 4) is 11.5 Å². The van der Waals surface area contributed by atoms with Crippen molar-refractivity contribution in [3.05, 3.63) is 41.5 Å². The molecule has 2 amide bonds. The lowest BCUT2D eigenvalue weighted by molar-refractivity contribution is 0.262. The molecule has 7 heteroatoms. The Morgan fingerprint density at radius 3 is 2.60 bits per heavy atom. The second kappa shape index (κ2) is 6.98. The van der Waals surface area contributed by atoms with Crippen LogP contribution in [0.4, 0.5) is 15.6 Å². The molecule has 0 spiro atoms. The molecule has 0 fully saturated rings. The molecule has 6 nitrogen and oxygen atoms in total. The topological polar surface area (TPSA) is 72.5 Å². The number of nitrogens with zero attached hydrogens (tertiary/aromatic N) is 1. The Bertz CT molecular complexity index is 937. The van der Waals surface area contributed by atoms with Crippen molar-refractivity contribution < 1.29 is 14.3 Å². The van der Waals surface area contributed by atoms with Gasteiger partial charge in [0.1, 0.15) is 11.5 Å². The highest BCUT2D eigenvalue weighted by atomic mass is 32.1. The summed E-state index contributed by atoms with van der Waals surface area (Å²) in [6, 6.07) is 8.95. The molecule has 0 aliphatic carbocycles. The molecule has 2 N–H and O–H groups in total. The minimum absolute atomic E-state index is 0.378. The van der Waals surface area contributed by atoms with Crippen LogP contribution in [0.15, 0.2) is 30.3 Å². The molecule has 0 atom stereocenters. The highest BCUT2D eigenvalue weighted by Crippen LogP contribution is 2.31. The van der Waals surface area contributed by atoms with Gasteiger partial charge in [0.25, 0.3) is 0 Å². The van der Waals surface area contributed by atoms with E-state index in [0.717, 1.165) is 15.8 Å². The molecule has 3 rings (SSSR count). The van der Waals surface area contributed by atoms with Gasteiger partial charge in [-0.3, -0.25) is 5.32 Å². The zero-order chi connectivity index (χ0) is 18.0. The van der Waals surface area contributed by atoms with Crippen LogP contribution in [0, 0.1) is 13.8 Å². The summed E-state index contributed by atoms with van der Waals surface area (Å²) in [5.74, 6) is 1.17. The molecule has 1 aromatic heterocycles. The summed E-state index contributed by atoms with van der Waals surface area (Å²) in [6.07, 6.45) is 0. The normalized spacial score (nSPS) is 10.6. The number of fused-ring (bicyclic) bond motifs is 1. The van der Waals surface area contributed by atoms with Crippen LogP contribution in [0.1, 0.15) is 11.1 Å². The van der Waals surface area contributed by atoms with Gasteiger partial charge in [-0.1, -0.05) is 17.4 Å². The Hall–Kier alpha value is -2.80. The molecular weight excluding hydrogens is 338 g/mol. The monoisotopic (exact) mass is 357 g/mol. The quantitative estimate of drug-likeness (QED) is 0.717. The van der Waals surface area contributed by atoms with E-state index in [4.69, 9.17) is 9.47 Å². The number of rotatable bonds is 4. The zero-order valence-corrected chi connectivity index (χ0v) is 15.3. The maximum atomic E-state index is 12.3. The minimum atomic E-state index is -0.378. The van der Waals surface area contributed by atoms with Crippen LogP contribution >= 0.6 is 11.3 Å². The SMILES string of the molecule is COc1ccc(NC(=O)Nc2nc3c(C)cc(C)cc3s2)c(OC)c1. The standard InChI is InChI=1S/C18H19N3O3S/c1-10-7-11(2)16-15(8-10)25-18(20-16)21-17(22)19-13-6-5-12(23-3)9-14(13)24-4/h5-9H,1-4H3,(H2,19,20,21,22). The van der Waals surface area contributed by atoms with Gasteiger partial charge in [-0.25, -0.2) is 9.78 Å². The summed E-state index contributed by atoms with van der Waals surface area (Å²) in [6.45, 7) is 4.06. The highest BCUT2D eigenvalue weighted by molar-refractivity contribution is 7.22. The Morgan fingerprint density at radius 1 is 1.08 bits per heavy atom. The molecule has 1 heterocycles. The van der Waals surface area contributed by atoms with E-state index in [1.54, 1.807) is 25.3 Å². The first-order valence-electron chi connectivity index (χ1n) is 7.68. The second-order valence-corrected chi connectivity index (χ2v) is 6.62. The van der Waals surface area contributed by atoms with Crippen molar-refractivity contribution >= 4 is 38.4 Å². The molecule has 0 saturated heterocycles. The van der Waals surface area contributed by atoms with Gasteiger partial charge in [0.2, 0.25) is 0 Å². The maximum absolute atomic E-state index is 12.3. The number of hydrogen-bond donors (Lipinski definition) is 2. The molecule has 0 unspecified atom stereocenters. The highest BCUT2D eigenvalue weighted by Gasteiger charge is 2.12. The van der Waals surface area contributed by atoms with E-state index in [0.29, 0.717) is 22.3 Å². The molecular formula is C18H19N3O3S. The number of aromatic nitrogens is 1. The first-order valence-corrected chi connectivity index (χ1v) is 8.49. The van der Waals surface area contributed by atoms with Gasteiger partial charge in [-0.05, 0) is 43.2 Å². The van der Waals surface area contributed by atoms with Crippen molar-refractivity contribution in [1.29, 1.82) is 0 Å². The van der Waals surface area contributed by atoms with Crippen LogP contribution in [0.5, 0.6) is 11.5 Å². The maximum Gasteiger partial charge on any atom is 0.325 e. The number of amides is 2. The smallest absolute Gasteiger partial charge is 0.325 e. The summed E-state index contributed by atoms with van der Waals surface area (Å²) >= 11 is 1.45. The van der Waals surface area contributed by atoms with E-state index in [1.807, 2.05) is 13.8 Å². The van der Waals surface area contributed by atoms with Crippen molar-refractivity contribution in [2.75, 3.05) is 24.9 Å². The van der Waals surface area contributed by atoms with E-state index in [1.165, 1.54) is 24.0 Å². The molecule has 0 saturated carbocycles. The van der Waals surface area contributed by atoms with E-state index < -0.39 is 0 Å². The van der Waals surface area contributed by atoms with Crippen LogP contribution in [0.3, 0.4) is 0 Å². The average Bonchev–Trinajstić information content (AvgIpc) is 2.97. The van der Waals surface area contributed by atoms with Crippen LogP contribution in [0.25, 0.3) is 10.2 Å². The number of thiazole rings is 1. The van der Waals surface area contributed by atoms with Crippen molar-refractivity contribution in [2.45, 2.75) is 13.8 Å². The summed E-state index contributed by atoms with van der Waals surface area (Å²) < 4.78 is 11.5. The number of carbonyl (C=O) groups is 1. The summed E-state index contributed by atoms with van der Waals surface area (Å²) in [5.41, 5.74) is 3.73. The molecule has 2 aromatic carbocycles. The van der Waals surface area contributed by atoms with Crippen LogP contribution in [-0.2, 0) is 0 Å². The third kappa shape index (κ3) is 3.66. The number of urea groups is 1. The molecule has 3 aromatic rings. The third-order valence-corrected chi connectivity index (χ3v) is 4.63. The number of hydrogen-bond acceptors (Lipinski definition) is 5.